The predicted molar refractivity (Wildman–Crippen MR) is 92.7 cm³/mol. The van der Waals surface area contributed by atoms with E-state index in [4.69, 9.17) is 5.11 Å². The molecule has 0 atom stereocenters. The van der Waals surface area contributed by atoms with Gasteiger partial charge >= 0.3 is 12.1 Å². The number of benzene rings is 1. The normalized spacial score (nSPS) is 11.9. The molecular formula is C17H10F4N6O3. The molecule has 0 bridgehead atoms. The smallest absolute Gasteiger partial charge is 0.419 e. The Morgan fingerprint density at radius 1 is 1.20 bits per heavy atom. The Morgan fingerprint density at radius 2 is 1.97 bits per heavy atom. The van der Waals surface area contributed by atoms with E-state index < -0.39 is 29.1 Å². The van der Waals surface area contributed by atoms with E-state index in [1.807, 2.05) is 0 Å². The van der Waals surface area contributed by atoms with Crippen molar-refractivity contribution in [2.24, 2.45) is 0 Å². The molecule has 9 nitrogen and oxygen atoms in total. The zero-order valence-corrected chi connectivity index (χ0v) is 14.7. The zero-order chi connectivity index (χ0) is 21.6. The predicted octanol–water partition coefficient (Wildman–Crippen LogP) is 2.21. The Bertz CT molecular complexity index is 1340. The maximum Gasteiger partial charge on any atom is 0.419 e. The van der Waals surface area contributed by atoms with Crippen LogP contribution in [0.5, 0.6) is 0 Å². The highest BCUT2D eigenvalue weighted by Crippen LogP contribution is 2.32. The van der Waals surface area contributed by atoms with Crippen LogP contribution < -0.4 is 5.56 Å². The number of halogens is 4. The third-order valence-corrected chi connectivity index (χ3v) is 4.20. The fraction of sp³-hybridized carbons (Fsp3) is 0.118. The molecule has 0 saturated heterocycles. The lowest BCUT2D eigenvalue weighted by molar-refractivity contribution is -0.140. The number of alkyl halides is 3. The van der Waals surface area contributed by atoms with Crippen LogP contribution >= 0.6 is 0 Å². The van der Waals surface area contributed by atoms with E-state index in [2.05, 4.69) is 20.2 Å². The third kappa shape index (κ3) is 3.40. The Morgan fingerprint density at radius 3 is 2.63 bits per heavy atom. The first-order valence-corrected chi connectivity index (χ1v) is 8.23. The van der Waals surface area contributed by atoms with Crippen molar-refractivity contribution in [1.82, 2.24) is 29.5 Å². The van der Waals surface area contributed by atoms with Gasteiger partial charge in [-0.1, -0.05) is 6.07 Å². The zero-order valence-electron chi connectivity index (χ0n) is 14.7. The van der Waals surface area contributed by atoms with Gasteiger partial charge in [-0.25, -0.2) is 18.9 Å². The number of hydrogen-bond donors (Lipinski definition) is 2. The molecule has 4 rings (SSSR count). The molecule has 4 aromatic rings. The fourth-order valence-corrected chi connectivity index (χ4v) is 2.83. The molecule has 2 N–H and O–H groups in total. The first-order valence-electron chi connectivity index (χ1n) is 8.23. The summed E-state index contributed by atoms with van der Waals surface area (Å²) < 4.78 is 54.4. The van der Waals surface area contributed by atoms with E-state index in [0.717, 1.165) is 27.8 Å². The van der Waals surface area contributed by atoms with Crippen molar-refractivity contribution in [3.63, 3.8) is 0 Å². The second-order valence-corrected chi connectivity index (χ2v) is 6.22. The fourth-order valence-electron chi connectivity index (χ4n) is 2.83. The van der Waals surface area contributed by atoms with Crippen LogP contribution in [0.2, 0.25) is 0 Å². The molecule has 0 saturated carbocycles. The van der Waals surface area contributed by atoms with Crippen molar-refractivity contribution in [2.45, 2.75) is 12.7 Å². The van der Waals surface area contributed by atoms with Crippen molar-refractivity contribution in [3.8, 4) is 5.95 Å². The van der Waals surface area contributed by atoms with Crippen LogP contribution in [0.4, 0.5) is 17.6 Å². The Balaban J connectivity index is 1.72. The number of rotatable bonds is 4. The van der Waals surface area contributed by atoms with Crippen LogP contribution in [0.15, 0.2) is 41.6 Å². The lowest BCUT2D eigenvalue weighted by atomic mass is 10.1. The monoisotopic (exact) mass is 422 g/mol. The van der Waals surface area contributed by atoms with Crippen molar-refractivity contribution >= 4 is 17.0 Å². The van der Waals surface area contributed by atoms with Crippen LogP contribution in [0.25, 0.3) is 17.0 Å². The van der Waals surface area contributed by atoms with E-state index in [0.29, 0.717) is 12.1 Å². The van der Waals surface area contributed by atoms with Gasteiger partial charge in [0.05, 0.1) is 30.1 Å². The third-order valence-electron chi connectivity index (χ3n) is 4.20. The summed E-state index contributed by atoms with van der Waals surface area (Å²) in [4.78, 5) is 30.0. The van der Waals surface area contributed by atoms with Gasteiger partial charge in [-0.15, -0.1) is 0 Å². The van der Waals surface area contributed by atoms with Crippen molar-refractivity contribution < 1.29 is 27.5 Å². The van der Waals surface area contributed by atoms with Crippen LogP contribution in [0.1, 0.15) is 21.5 Å². The number of aromatic amines is 1. The average molecular weight is 422 g/mol. The molecule has 1 aromatic carbocycles. The first-order chi connectivity index (χ1) is 14.1. The summed E-state index contributed by atoms with van der Waals surface area (Å²) in [6, 6.07) is 2.50. The van der Waals surface area contributed by atoms with E-state index in [1.165, 1.54) is 6.20 Å². The number of hydrogen-bond acceptors (Lipinski definition) is 5. The number of nitrogens with one attached hydrogen (secondary N) is 1. The van der Waals surface area contributed by atoms with Crippen molar-refractivity contribution in [3.05, 3.63) is 69.7 Å². The average Bonchev–Trinajstić information content (AvgIpc) is 3.30. The molecule has 0 fully saturated rings. The number of carbonyl (C=O) groups is 1. The first kappa shape index (κ1) is 19.3. The summed E-state index contributed by atoms with van der Waals surface area (Å²) in [7, 11) is 0. The maximum absolute atomic E-state index is 13.5. The minimum atomic E-state index is -4.86. The van der Waals surface area contributed by atoms with Crippen LogP contribution in [-0.4, -0.2) is 40.6 Å². The van der Waals surface area contributed by atoms with Crippen LogP contribution in [0.3, 0.4) is 0 Å². The van der Waals surface area contributed by atoms with Crippen molar-refractivity contribution in [2.75, 3.05) is 0 Å². The van der Waals surface area contributed by atoms with Gasteiger partial charge < -0.3 is 5.11 Å². The quantitative estimate of drug-likeness (QED) is 0.487. The Labute approximate surface area is 163 Å². The molecule has 154 valence electrons. The van der Waals surface area contributed by atoms with Crippen LogP contribution in [0, 0.1) is 5.82 Å². The molecule has 0 aliphatic heterocycles. The molecule has 30 heavy (non-hydrogen) atoms. The maximum atomic E-state index is 13.5. The minimum absolute atomic E-state index is 0.0257. The highest BCUT2D eigenvalue weighted by atomic mass is 19.4. The topological polar surface area (TPSA) is 119 Å². The summed E-state index contributed by atoms with van der Waals surface area (Å²) >= 11 is 0. The van der Waals surface area contributed by atoms with E-state index >= 15 is 0 Å². The molecule has 0 aliphatic carbocycles. The van der Waals surface area contributed by atoms with Gasteiger partial charge in [0.25, 0.3) is 5.56 Å². The summed E-state index contributed by atoms with van der Waals surface area (Å²) in [5.74, 6) is -2.68. The Hall–Kier alpha value is -4.03. The van der Waals surface area contributed by atoms with E-state index in [9.17, 15) is 27.2 Å². The Kier molecular flexibility index (Phi) is 4.37. The summed E-state index contributed by atoms with van der Waals surface area (Å²) in [6.45, 7) is -0.234. The number of aromatic carboxylic acids is 1. The van der Waals surface area contributed by atoms with Crippen molar-refractivity contribution in [1.29, 1.82) is 0 Å². The molecule has 0 spiro atoms. The van der Waals surface area contributed by atoms with Gasteiger partial charge in [0.1, 0.15) is 11.3 Å². The van der Waals surface area contributed by atoms with E-state index in [-0.39, 0.29) is 34.7 Å². The molecule has 3 heterocycles. The number of aromatic nitrogens is 6. The van der Waals surface area contributed by atoms with Gasteiger partial charge in [0, 0.05) is 6.20 Å². The van der Waals surface area contributed by atoms with Gasteiger partial charge in [0.2, 0.25) is 5.95 Å². The largest absolute Gasteiger partial charge is 0.478 e. The number of H-pyrrole nitrogens is 1. The molecule has 0 unspecified atom stereocenters. The summed E-state index contributed by atoms with van der Waals surface area (Å²) in [6.07, 6.45) is -1.42. The highest BCUT2D eigenvalue weighted by Gasteiger charge is 2.34. The number of nitrogens with zero attached hydrogens (tertiary/aromatic N) is 5. The number of carboxylic acid groups (broad SMARTS) is 1. The molecule has 0 aliphatic rings. The molecule has 13 heteroatoms. The molecular weight excluding hydrogens is 412 g/mol. The molecule has 0 radical (unpaired) electrons. The second kappa shape index (κ2) is 6.79. The number of fused-ring (bicyclic) bond motifs is 1. The van der Waals surface area contributed by atoms with Gasteiger partial charge in [-0.3, -0.25) is 14.5 Å². The summed E-state index contributed by atoms with van der Waals surface area (Å²) in [5, 5.41) is 16.7. The molecule has 0 amide bonds. The minimum Gasteiger partial charge on any atom is -0.478 e. The van der Waals surface area contributed by atoms with Gasteiger partial charge in [0.15, 0.2) is 5.52 Å². The SMILES string of the molecule is O=C(O)c1cnn(-c2nc3cnn(Cc4ccc(F)c(C(F)(F)F)c4)c3c(=O)[nH]2)c1. The second-order valence-electron chi connectivity index (χ2n) is 6.22. The van der Waals surface area contributed by atoms with Gasteiger partial charge in [-0.2, -0.15) is 23.4 Å². The number of carboxylic acids is 1. The van der Waals surface area contributed by atoms with Gasteiger partial charge in [-0.05, 0) is 17.7 Å². The lowest BCUT2D eigenvalue weighted by Crippen LogP contribution is -2.17. The molecule has 3 aromatic heterocycles. The standard InChI is InChI=1S/C17H10F4N6O3/c18-11-2-1-8(3-10(11)17(19,20)21)6-26-13-12(5-23-26)24-16(25-14(13)28)27-7-9(4-22-27)15(29)30/h1-5,7H,6H2,(H,29,30)(H,24,25,28). The lowest BCUT2D eigenvalue weighted by Gasteiger charge is -2.10. The van der Waals surface area contributed by atoms with E-state index in [1.54, 1.807) is 0 Å². The van der Waals surface area contributed by atoms with Crippen LogP contribution in [-0.2, 0) is 12.7 Å². The summed E-state index contributed by atoms with van der Waals surface area (Å²) in [5.41, 5.74) is -2.04. The highest BCUT2D eigenvalue weighted by molar-refractivity contribution is 5.87.